The molecule has 1 aromatic heterocycles. The van der Waals surface area contributed by atoms with Gasteiger partial charge in [0.2, 0.25) is 5.90 Å². The number of ether oxygens (including phenoxy) is 2. The second-order valence-electron chi connectivity index (χ2n) is 5.95. The molecule has 1 aliphatic rings. The lowest BCUT2D eigenvalue weighted by molar-refractivity contribution is -0.140. The van der Waals surface area contributed by atoms with Crippen molar-refractivity contribution >= 4 is 17.9 Å². The number of H-pyrrole nitrogens is 1. The minimum absolute atomic E-state index is 0.188. The summed E-state index contributed by atoms with van der Waals surface area (Å²) in [6.45, 7) is 8.26. The van der Waals surface area contributed by atoms with Crippen molar-refractivity contribution in [3.8, 4) is 0 Å². The van der Waals surface area contributed by atoms with Crippen LogP contribution in [0.25, 0.3) is 6.08 Å². The summed E-state index contributed by atoms with van der Waals surface area (Å²) in [5.41, 5.74) is 7.67. The van der Waals surface area contributed by atoms with Gasteiger partial charge in [-0.25, -0.2) is 4.99 Å². The maximum absolute atomic E-state index is 11.4. The maximum Gasteiger partial charge on any atom is 0.305 e. The predicted octanol–water partition coefficient (Wildman–Crippen LogP) is 3.86. The minimum atomic E-state index is -0.188. The fourth-order valence-electron chi connectivity index (χ4n) is 3.15. The van der Waals surface area contributed by atoms with Crippen molar-refractivity contribution in [2.24, 2.45) is 4.99 Å². The van der Waals surface area contributed by atoms with Gasteiger partial charge in [-0.05, 0) is 56.4 Å². The van der Waals surface area contributed by atoms with Gasteiger partial charge in [0.15, 0.2) is 0 Å². The van der Waals surface area contributed by atoms with Crippen molar-refractivity contribution in [3.05, 3.63) is 39.4 Å². The lowest BCUT2D eigenvalue weighted by Gasteiger charge is -2.03. The van der Waals surface area contributed by atoms with Crippen LogP contribution in [0.3, 0.4) is 0 Å². The molecule has 0 radical (unpaired) electrons. The molecular formula is C19H26N2O3. The number of hydrogen-bond acceptors (Lipinski definition) is 4. The maximum atomic E-state index is 11.4. The van der Waals surface area contributed by atoms with E-state index in [0.29, 0.717) is 18.7 Å². The highest BCUT2D eigenvalue weighted by molar-refractivity contribution is 5.99. The largest absolute Gasteiger partial charge is 0.481 e. The Labute approximate surface area is 143 Å². The summed E-state index contributed by atoms with van der Waals surface area (Å²) < 4.78 is 10.1. The highest BCUT2D eigenvalue weighted by atomic mass is 16.5. The first kappa shape index (κ1) is 18.0. The summed E-state index contributed by atoms with van der Waals surface area (Å²) in [5, 5.41) is 0. The zero-order valence-corrected chi connectivity index (χ0v) is 15.4. The molecule has 0 atom stereocenters. The van der Waals surface area contributed by atoms with Crippen LogP contribution in [0.4, 0.5) is 0 Å². The van der Waals surface area contributed by atoms with Crippen LogP contribution in [0.15, 0.2) is 21.8 Å². The third-order valence-corrected chi connectivity index (χ3v) is 4.57. The average Bonchev–Trinajstić information content (AvgIpc) is 3.01. The third kappa shape index (κ3) is 3.45. The fraction of sp³-hybridized carbons (Fsp3) is 0.474. The van der Waals surface area contributed by atoms with E-state index >= 15 is 0 Å². The van der Waals surface area contributed by atoms with Crippen LogP contribution in [-0.4, -0.2) is 31.1 Å². The van der Waals surface area contributed by atoms with Gasteiger partial charge in [0.25, 0.3) is 0 Å². The van der Waals surface area contributed by atoms with Crippen LogP contribution in [0.5, 0.6) is 0 Å². The van der Waals surface area contributed by atoms with Crippen LogP contribution in [-0.2, 0) is 20.7 Å². The van der Waals surface area contributed by atoms with Crippen molar-refractivity contribution < 1.29 is 14.3 Å². The monoisotopic (exact) mass is 330 g/mol. The number of aliphatic imine (C=N–C) groups is 1. The van der Waals surface area contributed by atoms with Gasteiger partial charge in [0.05, 0.1) is 19.9 Å². The molecule has 0 unspecified atom stereocenters. The summed E-state index contributed by atoms with van der Waals surface area (Å²) in [7, 11) is 3.06. The standard InChI is InChI=1S/C19H26N2O3/c1-7-14-12(3)19(24-6)21-17(14)10-16-11(2)15(13(4)20-16)8-9-18(22)23-5/h10,20H,7-9H2,1-6H3. The summed E-state index contributed by atoms with van der Waals surface area (Å²) in [5.74, 6) is 0.497. The number of esters is 1. The highest BCUT2D eigenvalue weighted by Crippen LogP contribution is 2.31. The molecule has 0 aromatic carbocycles. The molecule has 24 heavy (non-hydrogen) atoms. The molecule has 0 amide bonds. The van der Waals surface area contributed by atoms with Gasteiger partial charge in [0, 0.05) is 23.4 Å². The van der Waals surface area contributed by atoms with Crippen molar-refractivity contribution in [3.63, 3.8) is 0 Å². The van der Waals surface area contributed by atoms with Gasteiger partial charge < -0.3 is 14.5 Å². The Hall–Kier alpha value is -2.30. The Bertz CT molecular complexity index is 736. The van der Waals surface area contributed by atoms with E-state index < -0.39 is 0 Å². The summed E-state index contributed by atoms with van der Waals surface area (Å²) in [6, 6.07) is 0. The van der Waals surface area contributed by atoms with E-state index in [1.165, 1.54) is 18.2 Å². The van der Waals surface area contributed by atoms with Crippen LogP contribution >= 0.6 is 0 Å². The van der Waals surface area contributed by atoms with Gasteiger partial charge in [-0.15, -0.1) is 0 Å². The first-order valence-corrected chi connectivity index (χ1v) is 8.22. The molecule has 1 N–H and O–H groups in total. The van der Waals surface area contributed by atoms with Crippen molar-refractivity contribution in [2.75, 3.05) is 14.2 Å². The van der Waals surface area contributed by atoms with Crippen molar-refractivity contribution in [1.82, 2.24) is 4.98 Å². The van der Waals surface area contributed by atoms with E-state index in [1.54, 1.807) is 7.11 Å². The molecule has 0 aliphatic carbocycles. The number of rotatable bonds is 5. The van der Waals surface area contributed by atoms with Gasteiger partial charge >= 0.3 is 5.97 Å². The van der Waals surface area contributed by atoms with Crippen LogP contribution < -0.4 is 0 Å². The Kier molecular flexibility index (Phi) is 5.65. The number of allylic oxidation sites excluding steroid dienone is 1. The topological polar surface area (TPSA) is 63.7 Å². The molecule has 2 rings (SSSR count). The minimum Gasteiger partial charge on any atom is -0.481 e. The average molecular weight is 330 g/mol. The van der Waals surface area contributed by atoms with E-state index in [0.717, 1.165) is 34.6 Å². The Morgan fingerprint density at radius 3 is 2.54 bits per heavy atom. The quantitative estimate of drug-likeness (QED) is 0.834. The van der Waals surface area contributed by atoms with Crippen LogP contribution in [0.2, 0.25) is 0 Å². The molecule has 1 aromatic rings. The van der Waals surface area contributed by atoms with E-state index in [-0.39, 0.29) is 5.97 Å². The number of carbonyl (C=O) groups is 1. The predicted molar refractivity (Wildman–Crippen MR) is 96.0 cm³/mol. The van der Waals surface area contributed by atoms with Crippen LogP contribution in [0.1, 0.15) is 49.2 Å². The van der Waals surface area contributed by atoms with Crippen LogP contribution in [0, 0.1) is 13.8 Å². The smallest absolute Gasteiger partial charge is 0.305 e. The second kappa shape index (κ2) is 7.51. The Morgan fingerprint density at radius 2 is 1.96 bits per heavy atom. The van der Waals surface area contributed by atoms with Crippen molar-refractivity contribution in [2.45, 2.75) is 47.0 Å². The molecule has 130 valence electrons. The van der Waals surface area contributed by atoms with Crippen molar-refractivity contribution in [1.29, 1.82) is 0 Å². The number of aromatic nitrogens is 1. The lowest BCUT2D eigenvalue weighted by Crippen LogP contribution is -2.02. The van der Waals surface area contributed by atoms with E-state index in [9.17, 15) is 4.79 Å². The summed E-state index contributed by atoms with van der Waals surface area (Å²) >= 11 is 0. The Morgan fingerprint density at radius 1 is 1.25 bits per heavy atom. The first-order chi connectivity index (χ1) is 11.4. The molecular weight excluding hydrogens is 304 g/mol. The number of methoxy groups -OCH3 is 2. The number of carbonyl (C=O) groups excluding carboxylic acids is 1. The number of nitrogens with zero attached hydrogens (tertiary/aromatic N) is 1. The lowest BCUT2D eigenvalue weighted by atomic mass is 10.0. The van der Waals surface area contributed by atoms with Gasteiger partial charge in [-0.1, -0.05) is 6.92 Å². The molecule has 0 saturated carbocycles. The number of nitrogens with one attached hydrogen (secondary N) is 1. The molecule has 1 aliphatic heterocycles. The first-order valence-electron chi connectivity index (χ1n) is 8.22. The van der Waals surface area contributed by atoms with Gasteiger partial charge in [-0.2, -0.15) is 0 Å². The zero-order valence-electron chi connectivity index (χ0n) is 15.4. The molecule has 5 nitrogen and oxygen atoms in total. The van der Waals surface area contributed by atoms with E-state index in [2.05, 4.69) is 29.9 Å². The highest BCUT2D eigenvalue weighted by Gasteiger charge is 2.21. The summed E-state index contributed by atoms with van der Waals surface area (Å²) in [4.78, 5) is 19.4. The second-order valence-corrected chi connectivity index (χ2v) is 5.95. The van der Waals surface area contributed by atoms with E-state index in [4.69, 9.17) is 9.47 Å². The molecule has 0 bridgehead atoms. The molecule has 5 heteroatoms. The third-order valence-electron chi connectivity index (χ3n) is 4.57. The number of aromatic amines is 1. The number of hydrogen-bond donors (Lipinski definition) is 1. The molecule has 0 spiro atoms. The normalized spacial score (nSPS) is 15.9. The fourth-order valence-corrected chi connectivity index (χ4v) is 3.15. The molecule has 2 heterocycles. The van der Waals surface area contributed by atoms with E-state index in [1.807, 2.05) is 13.8 Å². The number of aryl methyl sites for hydroxylation is 1. The SMILES string of the molecule is CCC1=C(C)C(OC)=NC1=Cc1[nH]c(C)c(CCC(=O)OC)c1C. The zero-order chi connectivity index (χ0) is 17.9. The summed E-state index contributed by atoms with van der Waals surface area (Å²) in [6.07, 6.45) is 4.03. The van der Waals surface area contributed by atoms with Gasteiger partial charge in [0.1, 0.15) is 0 Å². The molecule has 0 fully saturated rings. The Balaban J connectivity index is 2.34. The van der Waals surface area contributed by atoms with Gasteiger partial charge in [-0.3, -0.25) is 4.79 Å². The molecule has 0 saturated heterocycles.